The van der Waals surface area contributed by atoms with Crippen LogP contribution in [0.3, 0.4) is 0 Å². The van der Waals surface area contributed by atoms with Crippen LogP contribution < -0.4 is 19.9 Å². The first-order chi connectivity index (χ1) is 12.8. The van der Waals surface area contributed by atoms with Crippen LogP contribution in [0.1, 0.15) is 30.6 Å². The summed E-state index contributed by atoms with van der Waals surface area (Å²) in [4.78, 5) is 12.5. The molecule has 2 aromatic rings. The van der Waals surface area contributed by atoms with Gasteiger partial charge in [0.1, 0.15) is 0 Å². The number of sulfonamides is 1. The predicted octanol–water partition coefficient (Wildman–Crippen LogP) is 3.43. The van der Waals surface area contributed by atoms with Crippen LogP contribution in [-0.4, -0.2) is 27.5 Å². The van der Waals surface area contributed by atoms with Crippen LogP contribution in [0.2, 0.25) is 5.02 Å². The molecule has 0 aliphatic heterocycles. The zero-order chi connectivity index (χ0) is 20.0. The van der Waals surface area contributed by atoms with Gasteiger partial charge in [0.05, 0.1) is 23.1 Å². The molecule has 3 N–H and O–H groups in total. The Bertz CT molecular complexity index is 914. The monoisotopic (exact) mass is 412 g/mol. The Morgan fingerprint density at radius 2 is 1.81 bits per heavy atom. The molecule has 0 aromatic heterocycles. The molecule has 0 saturated heterocycles. The summed E-state index contributed by atoms with van der Waals surface area (Å²) in [5.74, 6) is 0.353. The van der Waals surface area contributed by atoms with E-state index >= 15 is 0 Å². The highest BCUT2D eigenvalue weighted by Gasteiger charge is 2.17. The number of primary sulfonamides is 1. The highest BCUT2D eigenvalue weighted by atomic mass is 35.5. The fourth-order valence-electron chi connectivity index (χ4n) is 2.24. The van der Waals surface area contributed by atoms with Gasteiger partial charge in [0.15, 0.2) is 11.5 Å². The number of anilines is 1. The lowest BCUT2D eigenvalue weighted by molar-refractivity contribution is 0.102. The van der Waals surface area contributed by atoms with E-state index in [1.165, 1.54) is 30.3 Å². The van der Waals surface area contributed by atoms with E-state index < -0.39 is 15.9 Å². The molecule has 0 saturated carbocycles. The second-order valence-electron chi connectivity index (χ2n) is 5.59. The quantitative estimate of drug-likeness (QED) is 0.690. The normalized spacial score (nSPS) is 11.1. The average Bonchev–Trinajstić information content (AvgIpc) is 2.60. The van der Waals surface area contributed by atoms with E-state index in [0.29, 0.717) is 30.4 Å². The molecule has 0 atom stereocenters. The lowest BCUT2D eigenvalue weighted by Gasteiger charge is -2.15. The zero-order valence-electron chi connectivity index (χ0n) is 15.0. The number of hydrogen-bond acceptors (Lipinski definition) is 5. The minimum Gasteiger partial charge on any atom is -0.490 e. The number of amides is 1. The molecule has 27 heavy (non-hydrogen) atoms. The number of hydrogen-bond donors (Lipinski definition) is 2. The molecule has 9 heteroatoms. The number of ether oxygens (including phenoxy) is 2. The molecule has 0 heterocycles. The first-order valence-electron chi connectivity index (χ1n) is 8.29. The van der Waals surface area contributed by atoms with Gasteiger partial charge in [0.2, 0.25) is 10.0 Å². The Morgan fingerprint density at radius 1 is 1.15 bits per heavy atom. The second-order valence-corrected chi connectivity index (χ2v) is 7.56. The van der Waals surface area contributed by atoms with Crippen molar-refractivity contribution in [3.63, 3.8) is 0 Å². The molecule has 146 valence electrons. The largest absolute Gasteiger partial charge is 0.490 e. The van der Waals surface area contributed by atoms with Crippen molar-refractivity contribution in [2.75, 3.05) is 18.5 Å². The maximum atomic E-state index is 12.5. The number of nitrogens with one attached hydrogen (secondary N) is 1. The average molecular weight is 413 g/mol. The molecule has 0 radical (unpaired) electrons. The molecule has 0 spiro atoms. The summed E-state index contributed by atoms with van der Waals surface area (Å²) >= 11 is 6.26. The number of nitrogens with two attached hydrogens (primary N) is 1. The van der Waals surface area contributed by atoms with Crippen molar-refractivity contribution in [3.05, 3.63) is 47.0 Å². The Hall–Kier alpha value is -2.29. The first-order valence-corrected chi connectivity index (χ1v) is 10.2. The summed E-state index contributed by atoms with van der Waals surface area (Å²) < 4.78 is 33.7. The van der Waals surface area contributed by atoms with Crippen molar-refractivity contribution in [1.29, 1.82) is 0 Å². The predicted molar refractivity (Wildman–Crippen MR) is 104 cm³/mol. The van der Waals surface area contributed by atoms with Gasteiger partial charge in [0.25, 0.3) is 5.91 Å². The molecule has 0 fully saturated rings. The Morgan fingerprint density at radius 3 is 2.37 bits per heavy atom. The number of halogens is 1. The summed E-state index contributed by atoms with van der Waals surface area (Å²) in [6.07, 6.45) is 0.804. The number of rotatable bonds is 8. The Labute approximate surface area is 163 Å². The Kier molecular flexibility index (Phi) is 7.06. The van der Waals surface area contributed by atoms with Crippen LogP contribution in [0.4, 0.5) is 5.69 Å². The van der Waals surface area contributed by atoms with Crippen molar-refractivity contribution >= 4 is 33.2 Å². The van der Waals surface area contributed by atoms with Gasteiger partial charge in [-0.1, -0.05) is 18.5 Å². The number of carbonyl (C=O) groups excluding carboxylic acids is 1. The van der Waals surface area contributed by atoms with Crippen LogP contribution in [0, 0.1) is 0 Å². The van der Waals surface area contributed by atoms with Gasteiger partial charge in [-0.3, -0.25) is 4.79 Å². The van der Waals surface area contributed by atoms with Crippen molar-refractivity contribution in [2.24, 2.45) is 5.14 Å². The highest BCUT2D eigenvalue weighted by molar-refractivity contribution is 7.89. The Balaban J connectivity index is 2.25. The third-order valence-electron chi connectivity index (χ3n) is 3.46. The van der Waals surface area contributed by atoms with E-state index in [1.807, 2.05) is 13.8 Å². The molecule has 0 bridgehead atoms. The smallest absolute Gasteiger partial charge is 0.255 e. The fourth-order valence-corrected chi connectivity index (χ4v) is 3.02. The van der Waals surface area contributed by atoms with Crippen molar-refractivity contribution in [1.82, 2.24) is 0 Å². The number of carbonyl (C=O) groups is 1. The minimum absolute atomic E-state index is 0.0420. The molecule has 0 unspecified atom stereocenters. The maximum absolute atomic E-state index is 12.5. The number of benzene rings is 2. The second kappa shape index (κ2) is 9.07. The lowest BCUT2D eigenvalue weighted by atomic mass is 10.1. The lowest BCUT2D eigenvalue weighted by Crippen LogP contribution is -2.14. The van der Waals surface area contributed by atoms with Crippen LogP contribution in [0.15, 0.2) is 41.3 Å². The van der Waals surface area contributed by atoms with E-state index in [2.05, 4.69) is 5.32 Å². The summed E-state index contributed by atoms with van der Waals surface area (Å²) in [6.45, 7) is 4.65. The molecule has 1 amide bonds. The summed E-state index contributed by atoms with van der Waals surface area (Å²) in [5.41, 5.74) is 0.690. The fraction of sp³-hybridized carbons (Fsp3) is 0.278. The van der Waals surface area contributed by atoms with Gasteiger partial charge in [-0.25, -0.2) is 13.6 Å². The maximum Gasteiger partial charge on any atom is 0.255 e. The topological polar surface area (TPSA) is 108 Å². The van der Waals surface area contributed by atoms with Gasteiger partial charge < -0.3 is 14.8 Å². The summed E-state index contributed by atoms with van der Waals surface area (Å²) in [5, 5.41) is 7.99. The third-order valence-corrected chi connectivity index (χ3v) is 4.67. The van der Waals surface area contributed by atoms with Crippen LogP contribution in [-0.2, 0) is 10.0 Å². The molecule has 7 nitrogen and oxygen atoms in total. The molecular weight excluding hydrogens is 392 g/mol. The molecule has 2 rings (SSSR count). The molecule has 0 aliphatic rings. The van der Waals surface area contributed by atoms with Crippen LogP contribution in [0.25, 0.3) is 0 Å². The van der Waals surface area contributed by atoms with Crippen molar-refractivity contribution < 1.29 is 22.7 Å². The van der Waals surface area contributed by atoms with Crippen molar-refractivity contribution in [3.8, 4) is 11.5 Å². The van der Waals surface area contributed by atoms with Crippen LogP contribution in [0.5, 0.6) is 11.5 Å². The van der Waals surface area contributed by atoms with E-state index in [-0.39, 0.29) is 15.5 Å². The van der Waals surface area contributed by atoms with Gasteiger partial charge in [-0.2, -0.15) is 0 Å². The van der Waals surface area contributed by atoms with Gasteiger partial charge in [0, 0.05) is 11.3 Å². The third kappa shape index (κ3) is 5.59. The minimum atomic E-state index is -3.79. The van der Waals surface area contributed by atoms with E-state index in [0.717, 1.165) is 6.42 Å². The highest BCUT2D eigenvalue weighted by Crippen LogP contribution is 2.37. The van der Waals surface area contributed by atoms with E-state index in [1.54, 1.807) is 6.07 Å². The van der Waals surface area contributed by atoms with E-state index in [9.17, 15) is 13.2 Å². The summed E-state index contributed by atoms with van der Waals surface area (Å²) in [7, 11) is -3.79. The van der Waals surface area contributed by atoms with Crippen LogP contribution >= 0.6 is 11.6 Å². The van der Waals surface area contributed by atoms with Gasteiger partial charge in [-0.05, 0) is 49.7 Å². The standard InChI is InChI=1S/C18H21ClN2O5S/c1-3-9-26-17-15(19)10-12(11-16(17)25-4-2)18(22)21-13-5-7-14(8-6-13)27(20,23)24/h5-8,10-11H,3-4,9H2,1-2H3,(H,21,22)(H2,20,23,24). The SMILES string of the molecule is CCCOc1c(Cl)cc(C(=O)Nc2ccc(S(N)(=O)=O)cc2)cc1OCC. The molecule has 2 aromatic carbocycles. The van der Waals surface area contributed by atoms with Gasteiger partial charge >= 0.3 is 0 Å². The first kappa shape index (κ1) is 21.0. The van der Waals surface area contributed by atoms with E-state index in [4.69, 9.17) is 26.2 Å². The zero-order valence-corrected chi connectivity index (χ0v) is 16.6. The molecular formula is C18H21ClN2O5S. The summed E-state index contributed by atoms with van der Waals surface area (Å²) in [6, 6.07) is 8.55. The van der Waals surface area contributed by atoms with Gasteiger partial charge in [-0.15, -0.1) is 0 Å². The molecule has 0 aliphatic carbocycles. The van der Waals surface area contributed by atoms with Crippen molar-refractivity contribution in [2.45, 2.75) is 25.2 Å².